The predicted octanol–water partition coefficient (Wildman–Crippen LogP) is 4.77. The van der Waals surface area contributed by atoms with Gasteiger partial charge in [-0.1, -0.05) is 48.5 Å². The number of hydrogen-bond acceptors (Lipinski definition) is 2. The monoisotopic (exact) mass is 352 g/mol. The molecule has 0 heterocycles. The molecule has 0 unspecified atom stereocenters. The van der Waals surface area contributed by atoms with Crippen LogP contribution in [-0.4, -0.2) is 13.0 Å². The summed E-state index contributed by atoms with van der Waals surface area (Å²) >= 11 is 0. The molecule has 0 aliphatic rings. The van der Waals surface area contributed by atoms with Crippen LogP contribution in [0, 0.1) is 0 Å². The lowest BCUT2D eigenvalue weighted by atomic mass is 9.95. The average molecular weight is 352 g/mol. The second-order valence-electron chi connectivity index (χ2n) is 5.18. The molecule has 3 aromatic rings. The van der Waals surface area contributed by atoms with Gasteiger partial charge in [0.1, 0.15) is 4.90 Å². The van der Waals surface area contributed by atoms with Crippen LogP contribution < -0.4 is 0 Å². The van der Waals surface area contributed by atoms with E-state index in [9.17, 15) is 26.1 Å². The van der Waals surface area contributed by atoms with Crippen LogP contribution in [-0.2, 0) is 16.3 Å². The number of alkyl halides is 3. The minimum atomic E-state index is -4.53. The summed E-state index contributed by atoms with van der Waals surface area (Å²) in [6.07, 6.45) is -4.53. The highest BCUT2D eigenvalue weighted by atomic mass is 32.2. The smallest absolute Gasteiger partial charge is 0.282 e. The summed E-state index contributed by atoms with van der Waals surface area (Å²) in [6.45, 7) is 0. The topological polar surface area (TPSA) is 54.4 Å². The van der Waals surface area contributed by atoms with E-state index < -0.39 is 21.9 Å². The Morgan fingerprint density at radius 2 is 1.33 bits per heavy atom. The standard InChI is InChI=1S/C17H11F3O3S/c18-17(19,20)15-10-9-12(11-5-1-2-6-13(11)15)14-7-3-4-8-16(14)24(21,22)23/h1-10H,(H,21,22,23). The van der Waals surface area contributed by atoms with Crippen LogP contribution in [0.3, 0.4) is 0 Å². The van der Waals surface area contributed by atoms with Crippen LogP contribution in [0.25, 0.3) is 21.9 Å². The van der Waals surface area contributed by atoms with Crippen molar-refractivity contribution in [3.63, 3.8) is 0 Å². The SMILES string of the molecule is O=S(=O)(O)c1ccccc1-c1ccc(C(F)(F)F)c2ccccc12. The van der Waals surface area contributed by atoms with Crippen molar-refractivity contribution >= 4 is 20.9 Å². The molecule has 0 fully saturated rings. The van der Waals surface area contributed by atoms with Crippen molar-refractivity contribution in [3.8, 4) is 11.1 Å². The maximum absolute atomic E-state index is 13.2. The highest BCUT2D eigenvalue weighted by Gasteiger charge is 2.33. The van der Waals surface area contributed by atoms with Crippen LogP contribution in [0.2, 0.25) is 0 Å². The first-order valence-corrected chi connectivity index (χ1v) is 8.29. The maximum Gasteiger partial charge on any atom is 0.417 e. The molecule has 0 atom stereocenters. The van der Waals surface area contributed by atoms with E-state index in [1.807, 2.05) is 0 Å². The Hall–Kier alpha value is -2.38. The molecule has 0 aromatic heterocycles. The van der Waals surface area contributed by atoms with Gasteiger partial charge >= 0.3 is 6.18 Å². The number of fused-ring (bicyclic) bond motifs is 1. The minimum absolute atomic E-state index is 0.0346. The molecular weight excluding hydrogens is 341 g/mol. The molecule has 3 nitrogen and oxygen atoms in total. The number of benzene rings is 3. The van der Waals surface area contributed by atoms with E-state index in [0.717, 1.165) is 6.07 Å². The first kappa shape index (κ1) is 16.5. The van der Waals surface area contributed by atoms with E-state index in [0.29, 0.717) is 5.56 Å². The van der Waals surface area contributed by atoms with Crippen molar-refractivity contribution in [1.29, 1.82) is 0 Å². The van der Waals surface area contributed by atoms with Crippen LogP contribution >= 0.6 is 0 Å². The van der Waals surface area contributed by atoms with Crippen LogP contribution in [0.4, 0.5) is 13.2 Å². The molecule has 0 saturated heterocycles. The van der Waals surface area contributed by atoms with Gasteiger partial charge in [-0.05, 0) is 28.5 Å². The third kappa shape index (κ3) is 2.88. The molecule has 0 radical (unpaired) electrons. The van der Waals surface area contributed by atoms with Gasteiger partial charge in [0.15, 0.2) is 0 Å². The Labute approximate surface area is 136 Å². The molecule has 0 spiro atoms. The van der Waals surface area contributed by atoms with Gasteiger partial charge in [0.25, 0.3) is 10.1 Å². The summed E-state index contributed by atoms with van der Waals surface area (Å²) in [5.74, 6) is 0. The van der Waals surface area contributed by atoms with Crippen molar-refractivity contribution in [2.45, 2.75) is 11.1 Å². The molecule has 3 rings (SSSR count). The van der Waals surface area contributed by atoms with Crippen LogP contribution in [0.5, 0.6) is 0 Å². The van der Waals surface area contributed by atoms with Gasteiger partial charge in [0.2, 0.25) is 0 Å². The molecule has 0 aliphatic carbocycles. The second kappa shape index (κ2) is 5.61. The van der Waals surface area contributed by atoms with E-state index in [4.69, 9.17) is 0 Å². The number of hydrogen-bond donors (Lipinski definition) is 1. The zero-order valence-electron chi connectivity index (χ0n) is 12.1. The quantitative estimate of drug-likeness (QED) is 0.676. The lowest BCUT2D eigenvalue weighted by Crippen LogP contribution is -2.06. The summed E-state index contributed by atoms with van der Waals surface area (Å²) < 4.78 is 72.1. The van der Waals surface area contributed by atoms with Gasteiger partial charge in [-0.25, -0.2) is 0 Å². The third-order valence-electron chi connectivity index (χ3n) is 3.68. The largest absolute Gasteiger partial charge is 0.417 e. The number of rotatable bonds is 2. The Bertz CT molecular complexity index is 1020. The van der Waals surface area contributed by atoms with Crippen molar-refractivity contribution in [2.75, 3.05) is 0 Å². The summed E-state index contributed by atoms with van der Waals surface area (Å²) in [7, 11) is -4.51. The lowest BCUT2D eigenvalue weighted by Gasteiger charge is -2.15. The van der Waals surface area contributed by atoms with E-state index in [1.54, 1.807) is 12.1 Å². The van der Waals surface area contributed by atoms with Gasteiger partial charge in [0, 0.05) is 5.56 Å². The normalized spacial score (nSPS) is 12.5. The summed E-state index contributed by atoms with van der Waals surface area (Å²) in [5, 5.41) is 0.219. The van der Waals surface area contributed by atoms with Gasteiger partial charge < -0.3 is 0 Å². The highest BCUT2D eigenvalue weighted by Crippen LogP contribution is 2.40. The Balaban J connectivity index is 2.39. The molecule has 124 valence electrons. The Morgan fingerprint density at radius 3 is 1.96 bits per heavy atom. The predicted molar refractivity (Wildman–Crippen MR) is 84.2 cm³/mol. The third-order valence-corrected chi connectivity index (χ3v) is 4.60. The van der Waals surface area contributed by atoms with E-state index in [2.05, 4.69) is 0 Å². The Kier molecular flexibility index (Phi) is 3.85. The van der Waals surface area contributed by atoms with E-state index in [1.165, 1.54) is 42.5 Å². The van der Waals surface area contributed by atoms with Gasteiger partial charge in [-0.3, -0.25) is 4.55 Å². The van der Waals surface area contributed by atoms with Gasteiger partial charge in [-0.15, -0.1) is 0 Å². The molecule has 0 amide bonds. The molecule has 3 aromatic carbocycles. The molecule has 0 bridgehead atoms. The Morgan fingerprint density at radius 1 is 0.750 bits per heavy atom. The fourth-order valence-corrected chi connectivity index (χ4v) is 3.40. The lowest BCUT2D eigenvalue weighted by molar-refractivity contribution is -0.136. The molecule has 24 heavy (non-hydrogen) atoms. The van der Waals surface area contributed by atoms with Gasteiger partial charge in [-0.2, -0.15) is 21.6 Å². The maximum atomic E-state index is 13.2. The zero-order valence-corrected chi connectivity index (χ0v) is 12.9. The number of halogens is 3. The average Bonchev–Trinajstić information content (AvgIpc) is 2.52. The summed E-state index contributed by atoms with van der Waals surface area (Å²) in [5.41, 5.74) is -0.358. The molecule has 0 aliphatic heterocycles. The molecular formula is C17H11F3O3S. The summed E-state index contributed by atoms with van der Waals surface area (Å²) in [4.78, 5) is -0.352. The first-order valence-electron chi connectivity index (χ1n) is 6.85. The fourth-order valence-electron chi connectivity index (χ4n) is 2.70. The van der Waals surface area contributed by atoms with Crippen LogP contribution in [0.15, 0.2) is 65.6 Å². The van der Waals surface area contributed by atoms with E-state index >= 15 is 0 Å². The van der Waals surface area contributed by atoms with Crippen LogP contribution in [0.1, 0.15) is 5.56 Å². The van der Waals surface area contributed by atoms with Crippen molar-refractivity contribution in [3.05, 3.63) is 66.2 Å². The van der Waals surface area contributed by atoms with Gasteiger partial charge in [0.05, 0.1) is 5.56 Å². The zero-order chi connectivity index (χ0) is 17.5. The molecule has 1 N–H and O–H groups in total. The van der Waals surface area contributed by atoms with Crippen molar-refractivity contribution in [2.24, 2.45) is 0 Å². The second-order valence-corrected chi connectivity index (χ2v) is 6.57. The van der Waals surface area contributed by atoms with Crippen molar-refractivity contribution < 1.29 is 26.1 Å². The minimum Gasteiger partial charge on any atom is -0.282 e. The van der Waals surface area contributed by atoms with E-state index in [-0.39, 0.29) is 21.2 Å². The highest BCUT2D eigenvalue weighted by molar-refractivity contribution is 7.86. The first-order chi connectivity index (χ1) is 11.2. The van der Waals surface area contributed by atoms with Crippen molar-refractivity contribution in [1.82, 2.24) is 0 Å². The summed E-state index contributed by atoms with van der Waals surface area (Å²) in [6, 6.07) is 13.6. The molecule has 7 heteroatoms. The molecule has 0 saturated carbocycles. The fraction of sp³-hybridized carbons (Fsp3) is 0.0588.